The molecule has 0 atom stereocenters. The second-order valence-electron chi connectivity index (χ2n) is 8.40. The molecule has 0 amide bonds. The zero-order valence-electron chi connectivity index (χ0n) is 16.5. The van der Waals surface area contributed by atoms with Gasteiger partial charge >= 0.3 is 6.08 Å². The van der Waals surface area contributed by atoms with Crippen LogP contribution in [0.25, 0.3) is 0 Å². The maximum absolute atomic E-state index is 13.4. The molecular formula is C22H37F3O. The smallest absolute Gasteiger partial charge is 0.301 e. The highest BCUT2D eigenvalue weighted by atomic mass is 19.3. The minimum Gasteiger partial charge on any atom is -0.378 e. The summed E-state index contributed by atoms with van der Waals surface area (Å²) < 4.78 is 44.2. The van der Waals surface area contributed by atoms with Crippen molar-refractivity contribution >= 4 is 0 Å². The molecule has 0 aromatic carbocycles. The molecule has 0 radical (unpaired) electrons. The number of hydrogen-bond acceptors (Lipinski definition) is 1. The first kappa shape index (κ1) is 21.8. The quantitative estimate of drug-likeness (QED) is 0.354. The van der Waals surface area contributed by atoms with Crippen LogP contribution in [0.5, 0.6) is 0 Å². The molecule has 2 aliphatic rings. The van der Waals surface area contributed by atoms with E-state index >= 15 is 0 Å². The summed E-state index contributed by atoms with van der Waals surface area (Å²) in [7, 11) is 0. The lowest BCUT2D eigenvalue weighted by molar-refractivity contribution is 0.00553. The van der Waals surface area contributed by atoms with Crippen molar-refractivity contribution < 1.29 is 17.9 Å². The van der Waals surface area contributed by atoms with E-state index in [-0.39, 0.29) is 0 Å². The number of rotatable bonds is 10. The molecular weight excluding hydrogens is 337 g/mol. The van der Waals surface area contributed by atoms with Gasteiger partial charge in [0.05, 0.1) is 6.10 Å². The molecule has 2 rings (SSSR count). The number of halogens is 3. The molecule has 26 heavy (non-hydrogen) atoms. The first-order valence-corrected chi connectivity index (χ1v) is 10.9. The summed E-state index contributed by atoms with van der Waals surface area (Å²) in [5.74, 6) is -0.406. The van der Waals surface area contributed by atoms with Crippen molar-refractivity contribution in [1.82, 2.24) is 0 Å². The Morgan fingerprint density at radius 1 is 0.731 bits per heavy atom. The van der Waals surface area contributed by atoms with Gasteiger partial charge in [0, 0.05) is 12.5 Å². The molecule has 0 unspecified atom stereocenters. The molecule has 0 spiro atoms. The van der Waals surface area contributed by atoms with Gasteiger partial charge in [0.2, 0.25) is 0 Å². The average Bonchev–Trinajstić information content (AvgIpc) is 2.67. The van der Waals surface area contributed by atoms with Crippen molar-refractivity contribution in [3.8, 4) is 0 Å². The van der Waals surface area contributed by atoms with E-state index in [1.54, 1.807) is 0 Å². The van der Waals surface area contributed by atoms with Gasteiger partial charge < -0.3 is 4.74 Å². The van der Waals surface area contributed by atoms with Crippen LogP contribution in [0, 0.1) is 17.8 Å². The Morgan fingerprint density at radius 2 is 1.27 bits per heavy atom. The highest BCUT2D eigenvalue weighted by molar-refractivity contribution is 5.00. The van der Waals surface area contributed by atoms with Gasteiger partial charge in [-0.15, -0.1) is 0 Å². The lowest BCUT2D eigenvalue weighted by Crippen LogP contribution is -2.29. The van der Waals surface area contributed by atoms with Gasteiger partial charge in [0.1, 0.15) is 0 Å². The Kier molecular flexibility index (Phi) is 10.1. The minimum absolute atomic E-state index is 0.416. The van der Waals surface area contributed by atoms with E-state index in [4.69, 9.17) is 4.74 Å². The molecule has 4 heteroatoms. The molecule has 2 aliphatic carbocycles. The van der Waals surface area contributed by atoms with Crippen LogP contribution in [0.2, 0.25) is 0 Å². The first-order chi connectivity index (χ1) is 12.6. The molecule has 1 nitrogen and oxygen atoms in total. The third-order valence-electron chi connectivity index (χ3n) is 6.55. The van der Waals surface area contributed by atoms with Crippen LogP contribution in [-0.4, -0.2) is 12.7 Å². The summed E-state index contributed by atoms with van der Waals surface area (Å²) in [6.07, 6.45) is 13.7. The van der Waals surface area contributed by atoms with Crippen LogP contribution < -0.4 is 0 Å². The average molecular weight is 375 g/mol. The summed E-state index contributed by atoms with van der Waals surface area (Å²) in [5, 5.41) is 0. The highest BCUT2D eigenvalue weighted by Gasteiger charge is 2.33. The number of unbranched alkanes of at least 4 members (excludes halogenated alkanes) is 5. The molecule has 2 fully saturated rings. The number of hydrogen-bond donors (Lipinski definition) is 0. The van der Waals surface area contributed by atoms with Crippen LogP contribution in [0.15, 0.2) is 11.9 Å². The summed E-state index contributed by atoms with van der Waals surface area (Å²) in [5.41, 5.74) is 0. The normalized spacial score (nSPS) is 29.5. The van der Waals surface area contributed by atoms with Gasteiger partial charge in [0.15, 0.2) is 5.83 Å². The Morgan fingerprint density at radius 3 is 1.85 bits per heavy atom. The number of ether oxygens (including phenoxy) is 1. The maximum atomic E-state index is 13.4. The summed E-state index contributed by atoms with van der Waals surface area (Å²) in [4.78, 5) is 0. The summed E-state index contributed by atoms with van der Waals surface area (Å²) in [6, 6.07) is 0. The minimum atomic E-state index is -2.11. The molecule has 0 aliphatic heterocycles. The van der Waals surface area contributed by atoms with Crippen molar-refractivity contribution in [2.75, 3.05) is 6.61 Å². The molecule has 0 bridgehead atoms. The van der Waals surface area contributed by atoms with E-state index in [0.717, 1.165) is 32.3 Å². The monoisotopic (exact) mass is 374 g/mol. The van der Waals surface area contributed by atoms with E-state index < -0.39 is 17.8 Å². The molecule has 0 aromatic rings. The van der Waals surface area contributed by atoms with Gasteiger partial charge in [-0.3, -0.25) is 0 Å². The lowest BCUT2D eigenvalue weighted by Gasteiger charge is -2.37. The SMILES string of the molecule is CCCCCCCCOC1CCC(C2CCC(C(F)=C(F)F)CC2)CC1. The second-order valence-corrected chi connectivity index (χ2v) is 8.40. The molecule has 0 aromatic heterocycles. The van der Waals surface area contributed by atoms with Crippen molar-refractivity contribution in [1.29, 1.82) is 0 Å². The Labute approximate surface area is 157 Å². The fraction of sp³-hybridized carbons (Fsp3) is 0.909. The zero-order chi connectivity index (χ0) is 18.8. The standard InChI is InChI=1S/C22H37F3O/c1-2-3-4-5-6-7-16-26-20-14-12-18(13-15-20)17-8-10-19(11-9-17)21(23)22(24)25/h17-20H,2-16H2,1H3. The predicted octanol–water partition coefficient (Wildman–Crippen LogP) is 7.81. The van der Waals surface area contributed by atoms with E-state index in [0.29, 0.717) is 30.8 Å². The topological polar surface area (TPSA) is 9.23 Å². The third kappa shape index (κ3) is 7.25. The third-order valence-corrected chi connectivity index (χ3v) is 6.55. The van der Waals surface area contributed by atoms with Crippen LogP contribution in [0.1, 0.15) is 96.8 Å². The number of allylic oxidation sites excluding steroid dienone is 1. The van der Waals surface area contributed by atoms with Crippen molar-refractivity contribution in [2.45, 2.75) is 103 Å². The van der Waals surface area contributed by atoms with E-state index in [1.165, 1.54) is 51.4 Å². The van der Waals surface area contributed by atoms with Gasteiger partial charge in [-0.05, 0) is 69.6 Å². The summed E-state index contributed by atoms with van der Waals surface area (Å²) in [6.45, 7) is 3.14. The van der Waals surface area contributed by atoms with Gasteiger partial charge in [-0.2, -0.15) is 8.78 Å². The molecule has 0 saturated heterocycles. The van der Waals surface area contributed by atoms with Crippen LogP contribution >= 0.6 is 0 Å². The van der Waals surface area contributed by atoms with Gasteiger partial charge in [-0.25, -0.2) is 4.39 Å². The zero-order valence-corrected chi connectivity index (χ0v) is 16.5. The maximum Gasteiger partial charge on any atom is 0.301 e. The fourth-order valence-corrected chi connectivity index (χ4v) is 4.86. The largest absolute Gasteiger partial charge is 0.378 e. The van der Waals surface area contributed by atoms with Gasteiger partial charge in [-0.1, -0.05) is 39.0 Å². The Balaban J connectivity index is 1.56. The lowest BCUT2D eigenvalue weighted by atomic mass is 9.70. The van der Waals surface area contributed by atoms with E-state index in [2.05, 4.69) is 6.92 Å². The predicted molar refractivity (Wildman–Crippen MR) is 101 cm³/mol. The molecule has 0 heterocycles. The van der Waals surface area contributed by atoms with E-state index in [1.807, 2.05) is 0 Å². The van der Waals surface area contributed by atoms with Crippen molar-refractivity contribution in [2.24, 2.45) is 17.8 Å². The Bertz CT molecular complexity index is 404. The van der Waals surface area contributed by atoms with Crippen molar-refractivity contribution in [3.63, 3.8) is 0 Å². The summed E-state index contributed by atoms with van der Waals surface area (Å²) >= 11 is 0. The van der Waals surface area contributed by atoms with Crippen molar-refractivity contribution in [3.05, 3.63) is 11.9 Å². The Hall–Kier alpha value is -0.510. The van der Waals surface area contributed by atoms with Crippen LogP contribution in [-0.2, 0) is 4.74 Å². The van der Waals surface area contributed by atoms with E-state index in [9.17, 15) is 13.2 Å². The van der Waals surface area contributed by atoms with Crippen LogP contribution in [0.4, 0.5) is 13.2 Å². The first-order valence-electron chi connectivity index (χ1n) is 10.9. The highest BCUT2D eigenvalue weighted by Crippen LogP contribution is 2.43. The molecule has 152 valence electrons. The second kappa shape index (κ2) is 12.0. The molecule has 0 N–H and O–H groups in total. The fourth-order valence-electron chi connectivity index (χ4n) is 4.86. The van der Waals surface area contributed by atoms with Gasteiger partial charge in [0.25, 0.3) is 0 Å². The molecule has 2 saturated carbocycles. The van der Waals surface area contributed by atoms with Crippen LogP contribution in [0.3, 0.4) is 0 Å².